The number of aryl methyl sites for hydroxylation is 1. The third-order valence-corrected chi connectivity index (χ3v) is 14.4. The molecule has 5 N–H and O–H groups in total. The van der Waals surface area contributed by atoms with Gasteiger partial charge in [-0.1, -0.05) is 35.9 Å². The van der Waals surface area contributed by atoms with E-state index in [4.69, 9.17) is 30.9 Å². The van der Waals surface area contributed by atoms with E-state index < -0.39 is 22.4 Å². The van der Waals surface area contributed by atoms with Crippen molar-refractivity contribution in [1.82, 2.24) is 40.3 Å². The van der Waals surface area contributed by atoms with Crippen LogP contribution in [0.3, 0.4) is 0 Å². The second kappa shape index (κ2) is 35.4. The monoisotopic (exact) mass is 1090 g/mol. The Bertz CT molecular complexity index is 2230. The minimum atomic E-state index is -2.02. The molecule has 6 rings (SSSR count). The maximum Gasteiger partial charge on any atom is 0.257 e. The number of hydrogen-bond acceptors (Lipinski definition) is 18. The number of piperazine rings is 1. The van der Waals surface area contributed by atoms with Gasteiger partial charge < -0.3 is 55.2 Å². The minimum Gasteiger partial charge on any atom is -0.495 e. The van der Waals surface area contributed by atoms with E-state index in [0.717, 1.165) is 63.4 Å². The van der Waals surface area contributed by atoms with E-state index in [0.29, 0.717) is 85.2 Å². The summed E-state index contributed by atoms with van der Waals surface area (Å²) in [5, 5.41) is 18.4. The van der Waals surface area contributed by atoms with Crippen LogP contribution in [0.15, 0.2) is 54.2 Å². The number of carbonyl (C=O) groups is 4. The molecule has 2 aliphatic rings. The smallest absolute Gasteiger partial charge is 0.257 e. The van der Waals surface area contributed by atoms with Gasteiger partial charge in [-0.25, -0.2) is 14.4 Å². The van der Waals surface area contributed by atoms with Crippen LogP contribution in [-0.4, -0.2) is 189 Å². The van der Waals surface area contributed by atoms with Crippen LogP contribution in [-0.2, 0) is 30.4 Å². The van der Waals surface area contributed by atoms with Gasteiger partial charge >= 0.3 is 0 Å². The highest BCUT2D eigenvalue weighted by atomic mass is 35.5. The molecule has 4 aromatic rings. The molecule has 0 saturated carbocycles. The number of nitrogens with one attached hydrogen (secondary N) is 4. The lowest BCUT2D eigenvalue weighted by atomic mass is 10.0. The van der Waals surface area contributed by atoms with E-state index in [-0.39, 0.29) is 0 Å². The van der Waals surface area contributed by atoms with E-state index >= 15 is 0 Å². The topological polar surface area (TPSA) is 213 Å². The summed E-state index contributed by atoms with van der Waals surface area (Å²) in [6.45, 7) is 19.9. The second-order valence-electron chi connectivity index (χ2n) is 18.2. The van der Waals surface area contributed by atoms with Crippen LogP contribution in [0.2, 0.25) is 5.02 Å². The van der Waals surface area contributed by atoms with Crippen LogP contribution >= 0.6 is 34.7 Å². The van der Waals surface area contributed by atoms with Gasteiger partial charge in [0.05, 0.1) is 67.5 Å². The molecule has 0 unspecified atom stereocenters. The number of halogens is 2. The highest BCUT2D eigenvalue weighted by molar-refractivity contribution is 8.00. The van der Waals surface area contributed by atoms with Gasteiger partial charge in [-0.3, -0.25) is 19.3 Å². The molecule has 18 nitrogen and oxygen atoms in total. The third-order valence-electron chi connectivity index (χ3n) is 11.8. The number of thiazole rings is 1. The SMILES string of the molecule is CN1CCN(CCOCCOCCSC(C)(C)[C@@H](C=O)NC(=O)C(C)(C)F)CC1.CNc1nc(Nc2ccc(C=O)cc2OC)ncc1Cl.CO.C[C@@H]1CCCN1C.Cc1ncsc1-c1ccc(CNC=O)cc1. The molecule has 0 spiro atoms. The molecular formula is C52H80ClFN10O8S2. The summed E-state index contributed by atoms with van der Waals surface area (Å²) in [6.07, 6.45) is 6.42. The van der Waals surface area contributed by atoms with Crippen molar-refractivity contribution in [3.63, 3.8) is 0 Å². The molecule has 0 aliphatic carbocycles. The molecule has 4 heterocycles. The molecule has 0 bridgehead atoms. The van der Waals surface area contributed by atoms with Crippen molar-refractivity contribution in [1.29, 1.82) is 0 Å². The first-order chi connectivity index (χ1) is 35.3. The fourth-order valence-corrected chi connectivity index (χ4v) is 8.94. The maximum absolute atomic E-state index is 13.7. The molecule has 2 aromatic heterocycles. The Labute approximate surface area is 451 Å². The number of aliphatic hydroxyl groups is 1. The number of benzene rings is 2. The van der Waals surface area contributed by atoms with Crippen LogP contribution in [0.5, 0.6) is 5.75 Å². The summed E-state index contributed by atoms with van der Waals surface area (Å²) in [5.74, 6) is 1.30. The van der Waals surface area contributed by atoms with Crippen LogP contribution < -0.4 is 26.0 Å². The van der Waals surface area contributed by atoms with Gasteiger partial charge in [-0.2, -0.15) is 16.7 Å². The maximum atomic E-state index is 13.7. The number of ether oxygens (including phenoxy) is 3. The summed E-state index contributed by atoms with van der Waals surface area (Å²) >= 11 is 9.07. The third kappa shape index (κ3) is 24.2. The van der Waals surface area contributed by atoms with Crippen LogP contribution in [0, 0.1) is 6.92 Å². The first-order valence-corrected chi connectivity index (χ1v) is 26.7. The van der Waals surface area contributed by atoms with Gasteiger partial charge in [-0.15, -0.1) is 11.3 Å². The molecule has 2 aromatic carbocycles. The van der Waals surface area contributed by atoms with E-state index in [1.54, 1.807) is 36.6 Å². The highest BCUT2D eigenvalue weighted by Crippen LogP contribution is 2.30. The number of carbonyl (C=O) groups excluding carboxylic acids is 4. The zero-order valence-electron chi connectivity index (χ0n) is 45.0. The number of amides is 2. The number of likely N-dealkylation sites (tertiary alicyclic amines) is 1. The summed E-state index contributed by atoms with van der Waals surface area (Å²) in [7, 11) is 8.58. The van der Waals surface area contributed by atoms with Crippen LogP contribution in [0.4, 0.5) is 21.8 Å². The largest absolute Gasteiger partial charge is 0.495 e. The summed E-state index contributed by atoms with van der Waals surface area (Å²) in [5.41, 5.74) is 4.35. The number of aromatic nitrogens is 3. The summed E-state index contributed by atoms with van der Waals surface area (Å²) < 4.78 is 29.6. The molecule has 0 radical (unpaired) electrons. The van der Waals surface area contributed by atoms with E-state index in [2.05, 4.69) is 84.1 Å². The molecular weight excluding hydrogens is 1010 g/mol. The number of nitrogens with zero attached hydrogens (tertiary/aromatic N) is 6. The first-order valence-electron chi connectivity index (χ1n) is 24.4. The molecule has 74 heavy (non-hydrogen) atoms. The Morgan fingerprint density at radius 1 is 0.986 bits per heavy atom. The standard InChI is InChI=1S/C20H38FN3O4S.C13H13ClN4O2.C12H12N2OS.C6H13N.CH4O/c1-19(2,21)18(26)22-17(16-25)20(3,4)29-15-14-28-13-12-27-11-10-24-8-6-23(5)7-9-24;1-15-12-9(14)6-16-13(18-12)17-10-4-3-8(7-19)5-11(10)20-2;1-9-12(16-8-14-9)11-4-2-10(3-5-11)6-13-7-15;1-6-4-3-5-7(6)2;1-2/h16-17H,6-15H2,1-5H3,(H,22,26);3-7H,1-2H3,(H2,15,16,17,18);2-5,7-8H,6H2,1H3,(H,13,15);6H,3-5H2,1-2H3;2H,1H3/t17-;;;6-;/m1..1./s1. The Hall–Kier alpha value is -4.84. The van der Waals surface area contributed by atoms with Gasteiger partial charge in [0, 0.05) is 75.5 Å². The lowest BCUT2D eigenvalue weighted by molar-refractivity contribution is -0.133. The quantitative estimate of drug-likeness (QED) is 0.0373. The second-order valence-corrected chi connectivity index (χ2v) is 21.2. The number of hydrogen-bond donors (Lipinski definition) is 5. The normalized spacial score (nSPS) is 15.2. The number of thioether (sulfide) groups is 1. The van der Waals surface area contributed by atoms with Crippen LogP contribution in [0.25, 0.3) is 10.4 Å². The van der Waals surface area contributed by atoms with Gasteiger partial charge in [0.1, 0.15) is 29.2 Å². The number of rotatable bonds is 23. The van der Waals surface area contributed by atoms with Crippen molar-refractivity contribution < 1.29 is 42.9 Å². The fraction of sp³-hybridized carbons (Fsp3) is 0.558. The fourth-order valence-electron chi connectivity index (χ4n) is 6.92. The molecule has 22 heteroatoms. The van der Waals surface area contributed by atoms with E-state index in [9.17, 15) is 23.6 Å². The first kappa shape index (κ1) is 65.3. The zero-order valence-corrected chi connectivity index (χ0v) is 47.4. The molecule has 2 amide bonds. The Morgan fingerprint density at radius 2 is 1.66 bits per heavy atom. The number of aliphatic hydroxyl groups excluding tert-OH is 1. The van der Waals surface area contributed by atoms with Gasteiger partial charge in [0.15, 0.2) is 5.67 Å². The Morgan fingerprint density at radius 3 is 2.19 bits per heavy atom. The average Bonchev–Trinajstić information content (AvgIpc) is 4.01. The summed E-state index contributed by atoms with van der Waals surface area (Å²) in [4.78, 5) is 64.9. The number of methoxy groups -OCH3 is 1. The molecule has 2 aliphatic heterocycles. The minimum absolute atomic E-state index is 0.371. The summed E-state index contributed by atoms with van der Waals surface area (Å²) in [6, 6.07) is 13.3. The Kier molecular flexibility index (Phi) is 31.2. The zero-order chi connectivity index (χ0) is 55.1. The number of alkyl halides is 1. The lowest BCUT2D eigenvalue weighted by Gasteiger charge is -2.32. The van der Waals surface area contributed by atoms with Crippen molar-refractivity contribution in [2.24, 2.45) is 0 Å². The predicted octanol–water partition coefficient (Wildman–Crippen LogP) is 7.02. The van der Waals surface area contributed by atoms with Crippen molar-refractivity contribution in [3.8, 4) is 16.2 Å². The highest BCUT2D eigenvalue weighted by Gasteiger charge is 2.35. The number of aldehydes is 2. The van der Waals surface area contributed by atoms with Gasteiger partial charge in [0.25, 0.3) is 5.91 Å². The van der Waals surface area contributed by atoms with Crippen molar-refractivity contribution in [3.05, 3.63) is 76.0 Å². The average molecular weight is 1090 g/mol. The Balaban J connectivity index is 0.000000361. The van der Waals surface area contributed by atoms with E-state index in [1.807, 2.05) is 38.4 Å². The molecule has 2 saturated heterocycles. The van der Waals surface area contributed by atoms with Gasteiger partial charge in [-0.05, 0) is 104 Å². The lowest BCUT2D eigenvalue weighted by Crippen LogP contribution is -2.53. The van der Waals surface area contributed by atoms with Crippen LogP contribution in [0.1, 0.15) is 69.1 Å². The van der Waals surface area contributed by atoms with Crippen molar-refractivity contribution >= 4 is 77.0 Å². The van der Waals surface area contributed by atoms with E-state index in [1.165, 1.54) is 68.7 Å². The molecule has 2 atom stereocenters. The predicted molar refractivity (Wildman–Crippen MR) is 298 cm³/mol. The van der Waals surface area contributed by atoms with Crippen molar-refractivity contribution in [2.75, 3.05) is 117 Å². The van der Waals surface area contributed by atoms with Gasteiger partial charge in [0.2, 0.25) is 12.4 Å². The number of anilines is 3. The molecule has 2 fully saturated rings. The van der Waals surface area contributed by atoms with Crippen molar-refractivity contribution in [2.45, 2.75) is 83.4 Å². The molecule has 412 valence electrons. The number of likely N-dealkylation sites (N-methyl/N-ethyl adjacent to an activating group) is 1.